The van der Waals surface area contributed by atoms with Crippen LogP contribution in [0.25, 0.3) is 0 Å². The van der Waals surface area contributed by atoms with E-state index in [1.807, 2.05) is 24.0 Å². The highest BCUT2D eigenvalue weighted by Crippen LogP contribution is 2.24. The van der Waals surface area contributed by atoms with E-state index in [0.717, 1.165) is 19.5 Å². The van der Waals surface area contributed by atoms with Crippen LogP contribution < -0.4 is 0 Å². The summed E-state index contributed by atoms with van der Waals surface area (Å²) < 4.78 is 0. The van der Waals surface area contributed by atoms with Gasteiger partial charge in [0.1, 0.15) is 0 Å². The molecule has 1 atom stereocenters. The fourth-order valence-electron chi connectivity index (χ4n) is 1.86. The van der Waals surface area contributed by atoms with Gasteiger partial charge in [0, 0.05) is 13.1 Å². The Balaban J connectivity index is 2.10. The van der Waals surface area contributed by atoms with Crippen LogP contribution in [0.15, 0.2) is 24.3 Å². The van der Waals surface area contributed by atoms with Crippen LogP contribution in [0, 0.1) is 0 Å². The van der Waals surface area contributed by atoms with E-state index in [0.29, 0.717) is 0 Å². The molecule has 0 fully saturated rings. The Bertz CT molecular complexity index is 353. The lowest BCUT2D eigenvalue weighted by Gasteiger charge is -2.18. The van der Waals surface area contributed by atoms with Gasteiger partial charge in [0.15, 0.2) is 0 Å². The van der Waals surface area contributed by atoms with Crippen molar-refractivity contribution in [1.82, 2.24) is 4.90 Å². The maximum absolute atomic E-state index is 11.9. The highest BCUT2D eigenvalue weighted by Gasteiger charge is 2.26. The molecule has 0 spiro atoms. The fourth-order valence-corrected chi connectivity index (χ4v) is 2.15. The molecule has 15 heavy (non-hydrogen) atoms. The lowest BCUT2D eigenvalue weighted by Crippen LogP contribution is -2.31. The monoisotopic (exact) mass is 267 g/mol. The number of hydrogen-bond donors (Lipinski definition) is 0. The van der Waals surface area contributed by atoms with E-state index in [2.05, 4.69) is 28.1 Å². The average molecular weight is 268 g/mol. The summed E-state index contributed by atoms with van der Waals surface area (Å²) in [7, 11) is 0. The van der Waals surface area contributed by atoms with Crippen molar-refractivity contribution in [2.75, 3.05) is 0 Å². The van der Waals surface area contributed by atoms with Gasteiger partial charge in [0.05, 0.1) is 4.83 Å². The van der Waals surface area contributed by atoms with E-state index in [1.54, 1.807) is 0 Å². The molecular formula is C12H14BrNO. The Morgan fingerprint density at radius 3 is 2.40 bits per heavy atom. The minimum Gasteiger partial charge on any atom is -0.333 e. The van der Waals surface area contributed by atoms with Crippen molar-refractivity contribution >= 4 is 21.8 Å². The molecular weight excluding hydrogens is 254 g/mol. The van der Waals surface area contributed by atoms with Gasteiger partial charge in [0.2, 0.25) is 5.91 Å². The Hall–Kier alpha value is -0.830. The van der Waals surface area contributed by atoms with Gasteiger partial charge in [-0.1, -0.05) is 47.1 Å². The fraction of sp³-hybridized carbons (Fsp3) is 0.417. The number of hydrogen-bond acceptors (Lipinski definition) is 1. The highest BCUT2D eigenvalue weighted by molar-refractivity contribution is 9.10. The minimum absolute atomic E-state index is 0.0354. The Morgan fingerprint density at radius 1 is 1.40 bits per heavy atom. The zero-order valence-electron chi connectivity index (χ0n) is 8.74. The number of amides is 1. The molecule has 0 saturated heterocycles. The molecule has 1 amide bonds. The Morgan fingerprint density at radius 2 is 1.93 bits per heavy atom. The molecule has 0 radical (unpaired) electrons. The highest BCUT2D eigenvalue weighted by atomic mass is 79.9. The topological polar surface area (TPSA) is 20.3 Å². The smallest absolute Gasteiger partial charge is 0.236 e. The molecule has 1 aromatic rings. The predicted molar refractivity (Wildman–Crippen MR) is 63.7 cm³/mol. The molecule has 0 aromatic heterocycles. The number of nitrogens with zero attached hydrogens (tertiary/aromatic N) is 1. The largest absolute Gasteiger partial charge is 0.333 e. The molecule has 1 aliphatic rings. The van der Waals surface area contributed by atoms with E-state index < -0.39 is 0 Å². The molecule has 1 aromatic carbocycles. The first-order chi connectivity index (χ1) is 7.22. The van der Waals surface area contributed by atoms with Crippen molar-refractivity contribution in [1.29, 1.82) is 0 Å². The summed E-state index contributed by atoms with van der Waals surface area (Å²) >= 11 is 3.41. The predicted octanol–water partition coefficient (Wildman–Crippen LogP) is 2.70. The van der Waals surface area contributed by atoms with Crippen LogP contribution in [0.2, 0.25) is 0 Å². The van der Waals surface area contributed by atoms with Gasteiger partial charge in [-0.05, 0) is 17.5 Å². The summed E-state index contributed by atoms with van der Waals surface area (Å²) in [6.07, 6.45) is 0.839. The van der Waals surface area contributed by atoms with Gasteiger partial charge in [-0.3, -0.25) is 4.79 Å². The Kier molecular flexibility index (Phi) is 3.10. The van der Waals surface area contributed by atoms with Crippen LogP contribution in [0.4, 0.5) is 0 Å². The molecule has 1 unspecified atom stereocenters. The van der Waals surface area contributed by atoms with E-state index in [1.165, 1.54) is 11.1 Å². The zero-order chi connectivity index (χ0) is 10.8. The summed E-state index contributed by atoms with van der Waals surface area (Å²) in [4.78, 5) is 13.8. The first kappa shape index (κ1) is 10.7. The van der Waals surface area contributed by atoms with Gasteiger partial charge < -0.3 is 4.90 Å². The average Bonchev–Trinajstić information content (AvgIpc) is 2.70. The summed E-state index contributed by atoms with van der Waals surface area (Å²) in [5, 5.41) is 0. The second-order valence-electron chi connectivity index (χ2n) is 3.84. The number of carbonyl (C=O) groups is 1. The first-order valence-electron chi connectivity index (χ1n) is 5.22. The third-order valence-electron chi connectivity index (χ3n) is 2.78. The second-order valence-corrected chi connectivity index (χ2v) is 4.94. The van der Waals surface area contributed by atoms with Gasteiger partial charge in [-0.25, -0.2) is 0 Å². The van der Waals surface area contributed by atoms with Crippen molar-refractivity contribution in [3.63, 3.8) is 0 Å². The van der Waals surface area contributed by atoms with Gasteiger partial charge in [-0.2, -0.15) is 0 Å². The van der Waals surface area contributed by atoms with Crippen molar-refractivity contribution in [3.8, 4) is 0 Å². The molecule has 0 saturated carbocycles. The maximum Gasteiger partial charge on any atom is 0.236 e. The lowest BCUT2D eigenvalue weighted by molar-refractivity contribution is -0.131. The first-order valence-corrected chi connectivity index (χ1v) is 6.13. The summed E-state index contributed by atoms with van der Waals surface area (Å²) in [5.74, 6) is 0.203. The number of halogens is 1. The van der Waals surface area contributed by atoms with Crippen molar-refractivity contribution in [3.05, 3.63) is 35.4 Å². The minimum atomic E-state index is -0.0354. The molecule has 80 valence electrons. The maximum atomic E-state index is 11.9. The number of alkyl halides is 1. The molecule has 3 heteroatoms. The molecule has 1 aliphatic heterocycles. The zero-order valence-corrected chi connectivity index (χ0v) is 10.3. The van der Waals surface area contributed by atoms with Crippen LogP contribution in [-0.4, -0.2) is 15.6 Å². The number of rotatable bonds is 2. The summed E-state index contributed by atoms with van der Waals surface area (Å²) in [6.45, 7) is 3.54. The molecule has 2 rings (SSSR count). The van der Waals surface area contributed by atoms with Crippen molar-refractivity contribution in [2.45, 2.75) is 31.3 Å². The van der Waals surface area contributed by atoms with Crippen LogP contribution in [0.3, 0.4) is 0 Å². The normalized spacial score (nSPS) is 16.3. The second kappa shape index (κ2) is 4.35. The van der Waals surface area contributed by atoms with Crippen LogP contribution in [-0.2, 0) is 17.9 Å². The summed E-state index contributed by atoms with van der Waals surface area (Å²) in [6, 6.07) is 8.24. The summed E-state index contributed by atoms with van der Waals surface area (Å²) in [5.41, 5.74) is 2.56. The van der Waals surface area contributed by atoms with E-state index >= 15 is 0 Å². The Labute approximate surface area is 98.4 Å². The van der Waals surface area contributed by atoms with Gasteiger partial charge in [0.25, 0.3) is 0 Å². The third kappa shape index (κ3) is 2.07. The van der Waals surface area contributed by atoms with Crippen molar-refractivity contribution < 1.29 is 4.79 Å². The van der Waals surface area contributed by atoms with Crippen LogP contribution in [0.1, 0.15) is 24.5 Å². The SMILES string of the molecule is CCC(Br)C(=O)N1Cc2ccccc2C1. The quantitative estimate of drug-likeness (QED) is 0.755. The molecule has 0 bridgehead atoms. The lowest BCUT2D eigenvalue weighted by atomic mass is 10.1. The molecule has 0 aliphatic carbocycles. The van der Waals surface area contributed by atoms with Crippen LogP contribution >= 0.6 is 15.9 Å². The molecule has 0 N–H and O–H groups in total. The number of fused-ring (bicyclic) bond motifs is 1. The number of benzene rings is 1. The standard InChI is InChI=1S/C12H14BrNO/c1-2-11(13)12(15)14-7-9-5-3-4-6-10(9)8-14/h3-6,11H,2,7-8H2,1H3. The van der Waals surface area contributed by atoms with Crippen molar-refractivity contribution in [2.24, 2.45) is 0 Å². The molecule has 2 nitrogen and oxygen atoms in total. The van der Waals surface area contributed by atoms with E-state index in [4.69, 9.17) is 0 Å². The van der Waals surface area contributed by atoms with E-state index in [9.17, 15) is 4.79 Å². The van der Waals surface area contributed by atoms with E-state index in [-0.39, 0.29) is 10.7 Å². The number of carbonyl (C=O) groups excluding carboxylic acids is 1. The molecule has 1 heterocycles. The third-order valence-corrected chi connectivity index (χ3v) is 3.82. The van der Waals surface area contributed by atoms with Gasteiger partial charge in [-0.15, -0.1) is 0 Å². The van der Waals surface area contributed by atoms with Crippen LogP contribution in [0.5, 0.6) is 0 Å². The van der Waals surface area contributed by atoms with Gasteiger partial charge >= 0.3 is 0 Å².